The maximum atomic E-state index is 13.6. The molecule has 1 unspecified atom stereocenters. The van der Waals surface area contributed by atoms with Crippen LogP contribution in [0.3, 0.4) is 0 Å². The Kier molecular flexibility index (Phi) is 4.19. The summed E-state index contributed by atoms with van der Waals surface area (Å²) in [5, 5.41) is 3.56. The Hall–Kier alpha value is -3.41. The summed E-state index contributed by atoms with van der Waals surface area (Å²) in [5.74, 6) is -0.0530. The molecule has 1 aromatic heterocycles. The molecule has 0 saturated carbocycles. The third-order valence-electron chi connectivity index (χ3n) is 5.71. The predicted octanol–water partition coefficient (Wildman–Crippen LogP) is 3.62. The molecule has 6 heteroatoms. The van der Waals surface area contributed by atoms with Gasteiger partial charge < -0.3 is 15.0 Å². The summed E-state index contributed by atoms with van der Waals surface area (Å²) in [6.45, 7) is 1.50. The lowest BCUT2D eigenvalue weighted by Crippen LogP contribution is -2.52. The first kappa shape index (κ1) is 17.7. The number of para-hydroxylation sites is 1. The monoisotopic (exact) mass is 387 g/mol. The van der Waals surface area contributed by atoms with E-state index in [1.54, 1.807) is 4.90 Å². The topological polar surface area (TPSA) is 71.5 Å². The van der Waals surface area contributed by atoms with Crippen molar-refractivity contribution >= 4 is 22.9 Å². The van der Waals surface area contributed by atoms with E-state index >= 15 is 0 Å². The molecule has 1 spiro atoms. The number of benzene rings is 2. The van der Waals surface area contributed by atoms with Crippen LogP contribution in [0.25, 0.3) is 22.2 Å². The Balaban J connectivity index is 1.55. The number of carbonyl (C=O) groups excluding carboxylic acids is 2. The number of pyridine rings is 1. The van der Waals surface area contributed by atoms with E-state index in [0.717, 1.165) is 35.0 Å². The second kappa shape index (κ2) is 6.88. The van der Waals surface area contributed by atoms with Crippen molar-refractivity contribution in [2.45, 2.75) is 18.4 Å². The number of alkyl carbamates (subject to hydrolysis) is 1. The number of ether oxygens (including phenoxy) is 1. The number of likely N-dealkylation sites (tertiary alicyclic amines) is 1. The van der Waals surface area contributed by atoms with Crippen molar-refractivity contribution in [2.75, 3.05) is 19.6 Å². The van der Waals surface area contributed by atoms with E-state index in [-0.39, 0.29) is 5.91 Å². The zero-order valence-electron chi connectivity index (χ0n) is 15.9. The van der Waals surface area contributed by atoms with Gasteiger partial charge in [0, 0.05) is 17.5 Å². The highest BCUT2D eigenvalue weighted by Crippen LogP contribution is 2.31. The number of hydrogen-bond acceptors (Lipinski definition) is 4. The molecule has 3 heterocycles. The second-order valence-corrected chi connectivity index (χ2v) is 7.69. The van der Waals surface area contributed by atoms with Gasteiger partial charge in [-0.05, 0) is 25.0 Å². The lowest BCUT2D eigenvalue weighted by Gasteiger charge is -2.38. The minimum absolute atomic E-state index is 0.0530. The third kappa shape index (κ3) is 3.20. The average molecular weight is 387 g/mol. The number of rotatable bonds is 2. The van der Waals surface area contributed by atoms with Crippen LogP contribution in [-0.4, -0.2) is 47.1 Å². The normalized spacial score (nSPS) is 21.2. The molecular formula is C23H21N3O3. The van der Waals surface area contributed by atoms with Crippen molar-refractivity contribution in [3.8, 4) is 11.3 Å². The quantitative estimate of drug-likeness (QED) is 0.729. The molecule has 5 rings (SSSR count). The van der Waals surface area contributed by atoms with Gasteiger partial charge in [0.1, 0.15) is 5.60 Å². The molecule has 146 valence electrons. The summed E-state index contributed by atoms with van der Waals surface area (Å²) in [4.78, 5) is 31.7. The maximum Gasteiger partial charge on any atom is 0.407 e. The number of aromatic nitrogens is 1. The Labute approximate surface area is 168 Å². The number of hydrogen-bond donors (Lipinski definition) is 1. The highest BCUT2D eigenvalue weighted by molar-refractivity contribution is 6.07. The molecule has 2 aliphatic heterocycles. The van der Waals surface area contributed by atoms with Crippen LogP contribution in [0.15, 0.2) is 60.7 Å². The lowest BCUT2D eigenvalue weighted by molar-refractivity contribution is -0.00497. The van der Waals surface area contributed by atoms with Crippen LogP contribution in [0.4, 0.5) is 4.79 Å². The number of amides is 2. The molecule has 2 amide bonds. The number of fused-ring (bicyclic) bond motifs is 1. The van der Waals surface area contributed by atoms with Crippen LogP contribution in [-0.2, 0) is 4.74 Å². The molecule has 2 aromatic carbocycles. The lowest BCUT2D eigenvalue weighted by atomic mass is 9.92. The summed E-state index contributed by atoms with van der Waals surface area (Å²) < 4.78 is 5.53. The van der Waals surface area contributed by atoms with Crippen LogP contribution >= 0.6 is 0 Å². The van der Waals surface area contributed by atoms with Gasteiger partial charge in [0.2, 0.25) is 0 Å². The van der Waals surface area contributed by atoms with Crippen LogP contribution in [0.2, 0.25) is 0 Å². The van der Waals surface area contributed by atoms with Gasteiger partial charge in [0.05, 0.1) is 29.9 Å². The van der Waals surface area contributed by atoms with Crippen molar-refractivity contribution in [3.05, 3.63) is 66.2 Å². The largest absolute Gasteiger partial charge is 0.439 e. The van der Waals surface area contributed by atoms with Gasteiger partial charge >= 0.3 is 6.09 Å². The van der Waals surface area contributed by atoms with E-state index in [0.29, 0.717) is 25.2 Å². The van der Waals surface area contributed by atoms with Crippen molar-refractivity contribution in [2.24, 2.45) is 0 Å². The smallest absolute Gasteiger partial charge is 0.407 e. The molecule has 6 nitrogen and oxygen atoms in total. The molecule has 0 aliphatic carbocycles. The molecule has 0 radical (unpaired) electrons. The van der Waals surface area contributed by atoms with E-state index < -0.39 is 11.7 Å². The molecule has 2 aliphatic rings. The number of carbonyl (C=O) groups is 2. The molecule has 0 bridgehead atoms. The van der Waals surface area contributed by atoms with Crippen LogP contribution in [0.1, 0.15) is 23.2 Å². The molecule has 29 heavy (non-hydrogen) atoms. The van der Waals surface area contributed by atoms with Gasteiger partial charge in [-0.3, -0.25) is 4.79 Å². The van der Waals surface area contributed by atoms with Crippen molar-refractivity contribution < 1.29 is 14.3 Å². The SMILES string of the molecule is O=C1NCC2(CCCN(C(=O)c3cc(-c4ccccc4)nc4ccccc34)C2)O1. The van der Waals surface area contributed by atoms with Gasteiger partial charge in [0.15, 0.2) is 0 Å². The van der Waals surface area contributed by atoms with Crippen molar-refractivity contribution in [1.82, 2.24) is 15.2 Å². The van der Waals surface area contributed by atoms with Crippen molar-refractivity contribution in [3.63, 3.8) is 0 Å². The zero-order valence-corrected chi connectivity index (χ0v) is 15.9. The number of nitrogens with zero attached hydrogens (tertiary/aromatic N) is 2. The van der Waals surface area contributed by atoms with Gasteiger partial charge in [-0.2, -0.15) is 0 Å². The Bertz CT molecular complexity index is 1100. The van der Waals surface area contributed by atoms with E-state index in [1.807, 2.05) is 60.7 Å². The van der Waals surface area contributed by atoms with E-state index in [9.17, 15) is 9.59 Å². The standard InChI is InChI=1S/C23H21N3O3/c27-21(26-12-6-11-23(15-26)14-24-22(28)29-23)18-13-20(16-7-2-1-3-8-16)25-19-10-5-4-9-17(18)19/h1-5,7-10,13H,6,11-12,14-15H2,(H,24,28). The van der Waals surface area contributed by atoms with Crippen LogP contribution < -0.4 is 5.32 Å². The highest BCUT2D eigenvalue weighted by atomic mass is 16.6. The minimum atomic E-state index is -0.615. The minimum Gasteiger partial charge on any atom is -0.439 e. The molecule has 2 saturated heterocycles. The fraction of sp³-hybridized carbons (Fsp3) is 0.261. The Morgan fingerprint density at radius 1 is 1.10 bits per heavy atom. The van der Waals surface area contributed by atoms with Gasteiger partial charge in [-0.1, -0.05) is 48.5 Å². The van der Waals surface area contributed by atoms with Crippen LogP contribution in [0, 0.1) is 0 Å². The van der Waals surface area contributed by atoms with E-state index in [2.05, 4.69) is 5.32 Å². The van der Waals surface area contributed by atoms with Crippen molar-refractivity contribution in [1.29, 1.82) is 0 Å². The number of nitrogens with one attached hydrogen (secondary N) is 1. The highest BCUT2D eigenvalue weighted by Gasteiger charge is 2.45. The third-order valence-corrected chi connectivity index (χ3v) is 5.71. The molecular weight excluding hydrogens is 366 g/mol. The maximum absolute atomic E-state index is 13.6. The summed E-state index contributed by atoms with van der Waals surface area (Å²) in [6.07, 6.45) is 1.16. The molecule has 1 atom stereocenters. The van der Waals surface area contributed by atoms with Gasteiger partial charge in [-0.15, -0.1) is 0 Å². The average Bonchev–Trinajstić information content (AvgIpc) is 3.12. The molecule has 1 N–H and O–H groups in total. The summed E-state index contributed by atoms with van der Waals surface area (Å²) >= 11 is 0. The number of piperidine rings is 1. The van der Waals surface area contributed by atoms with Gasteiger partial charge in [0.25, 0.3) is 5.91 Å². The molecule has 2 fully saturated rings. The predicted molar refractivity (Wildman–Crippen MR) is 110 cm³/mol. The zero-order chi connectivity index (χ0) is 19.8. The summed E-state index contributed by atoms with van der Waals surface area (Å²) in [6, 6.07) is 19.4. The van der Waals surface area contributed by atoms with Crippen LogP contribution in [0.5, 0.6) is 0 Å². The van der Waals surface area contributed by atoms with E-state index in [1.165, 1.54) is 0 Å². The van der Waals surface area contributed by atoms with E-state index in [4.69, 9.17) is 9.72 Å². The Morgan fingerprint density at radius 3 is 2.69 bits per heavy atom. The second-order valence-electron chi connectivity index (χ2n) is 7.69. The fourth-order valence-corrected chi connectivity index (χ4v) is 4.28. The van der Waals surface area contributed by atoms with Gasteiger partial charge in [-0.25, -0.2) is 9.78 Å². The summed E-state index contributed by atoms with van der Waals surface area (Å²) in [5.41, 5.74) is 2.54. The first-order valence-electron chi connectivity index (χ1n) is 9.85. The molecule has 3 aromatic rings. The Morgan fingerprint density at radius 2 is 1.90 bits per heavy atom. The fourth-order valence-electron chi connectivity index (χ4n) is 4.28. The first-order valence-corrected chi connectivity index (χ1v) is 9.85. The first-order chi connectivity index (χ1) is 14.1. The summed E-state index contributed by atoms with van der Waals surface area (Å²) in [7, 11) is 0.